The summed E-state index contributed by atoms with van der Waals surface area (Å²) in [5, 5.41) is 5.03. The second-order valence-electron chi connectivity index (χ2n) is 12.5. The lowest BCUT2D eigenvalue weighted by Gasteiger charge is -2.28. The highest BCUT2D eigenvalue weighted by Crippen LogP contribution is 2.22. The molecule has 1 aliphatic rings. The number of hydrogen-bond acceptors (Lipinski definition) is 8. The van der Waals surface area contributed by atoms with Crippen molar-refractivity contribution in [1.29, 1.82) is 0 Å². The maximum Gasteiger partial charge on any atom is 0.408 e. The molecule has 1 amide bonds. The molecule has 0 radical (unpaired) electrons. The largest absolute Gasteiger partial charge is 0.458 e. The molecule has 2 aromatic carbocycles. The molecule has 0 aliphatic heterocycles. The molecule has 1 aliphatic carbocycles. The molecule has 9 nitrogen and oxygen atoms in total. The van der Waals surface area contributed by atoms with Crippen LogP contribution >= 0.6 is 0 Å². The normalized spacial score (nSPS) is 15.7. The molecule has 1 saturated carbocycles. The third kappa shape index (κ3) is 12.8. The third-order valence-electron chi connectivity index (χ3n) is 8.49. The lowest BCUT2D eigenvalue weighted by atomic mass is 10.0. The van der Waals surface area contributed by atoms with Crippen LogP contribution in [0.2, 0.25) is 0 Å². The lowest BCUT2D eigenvalue weighted by molar-refractivity contribution is -0.151. The average Bonchev–Trinajstić information content (AvgIpc) is 3.52. The van der Waals surface area contributed by atoms with Crippen molar-refractivity contribution < 1.29 is 36.3 Å². The second kappa shape index (κ2) is 19.0. The van der Waals surface area contributed by atoms with Crippen LogP contribution in [0.1, 0.15) is 88.8 Å². The number of aryl methyl sites for hydroxylation is 1. The molecular weight excluding hydrogens is 628 g/mol. The summed E-state index contributed by atoms with van der Waals surface area (Å²) in [6, 6.07) is 8.56. The summed E-state index contributed by atoms with van der Waals surface area (Å²) in [6.45, 7) is 6.31. The SMILES string of the molecule is CCCC(CCC)S(=O)(=O)C[C@H](NC(=O)OC1CCCC1)C(=O)O[C@H](CNCc1cccc(CC)c1)[C@@H](N)Cc1cc(F)cc(F)c1. The van der Waals surface area contributed by atoms with Gasteiger partial charge < -0.3 is 25.8 Å². The third-order valence-corrected chi connectivity index (χ3v) is 10.8. The van der Waals surface area contributed by atoms with Crippen LogP contribution in [0.3, 0.4) is 0 Å². The number of ether oxygens (including phenoxy) is 2. The number of benzene rings is 2. The fourth-order valence-electron chi connectivity index (χ4n) is 5.98. The Bertz CT molecular complexity index is 1380. The summed E-state index contributed by atoms with van der Waals surface area (Å²) in [5.74, 6) is -3.17. The zero-order chi connectivity index (χ0) is 34.4. The smallest absolute Gasteiger partial charge is 0.408 e. The Morgan fingerprint density at radius 2 is 1.60 bits per heavy atom. The van der Waals surface area contributed by atoms with E-state index in [1.165, 1.54) is 0 Å². The van der Waals surface area contributed by atoms with Gasteiger partial charge in [0.2, 0.25) is 0 Å². The number of esters is 1. The van der Waals surface area contributed by atoms with Gasteiger partial charge in [0, 0.05) is 25.2 Å². The van der Waals surface area contributed by atoms with Crippen molar-refractivity contribution >= 4 is 21.9 Å². The van der Waals surface area contributed by atoms with E-state index in [0.29, 0.717) is 45.1 Å². The Kier molecular flexibility index (Phi) is 15.5. The molecule has 0 saturated heterocycles. The monoisotopic (exact) mass is 679 g/mol. The van der Waals surface area contributed by atoms with Crippen LogP contribution in [-0.4, -0.2) is 62.3 Å². The Hall–Kier alpha value is -3.09. The zero-order valence-corrected chi connectivity index (χ0v) is 28.6. The first-order valence-corrected chi connectivity index (χ1v) is 18.5. The van der Waals surface area contributed by atoms with Crippen molar-refractivity contribution in [2.75, 3.05) is 12.3 Å². The summed E-state index contributed by atoms with van der Waals surface area (Å²) in [6.07, 6.45) is 3.94. The standard InChI is InChI=1S/C35H51F2N3O6S/c1-4-10-30(11-5-2)47(43,44)23-32(40-35(42)45-29-14-7-8-15-29)34(41)46-33(22-39-21-25-13-9-12-24(6-3)16-25)31(38)19-26-17-27(36)20-28(37)18-26/h9,12-13,16-18,20,29-33,39H,4-8,10-11,14-15,19,21-23,38H2,1-3H3,(H,40,42)/t31-,32-,33+/m0/s1. The summed E-state index contributed by atoms with van der Waals surface area (Å²) in [4.78, 5) is 26.6. The minimum atomic E-state index is -3.84. The number of rotatable bonds is 19. The minimum Gasteiger partial charge on any atom is -0.458 e. The van der Waals surface area contributed by atoms with Gasteiger partial charge in [-0.25, -0.2) is 26.8 Å². The first kappa shape index (κ1) is 38.4. The molecule has 0 heterocycles. The first-order chi connectivity index (χ1) is 22.4. The molecule has 4 N–H and O–H groups in total. The van der Waals surface area contributed by atoms with Gasteiger partial charge in [0.05, 0.1) is 11.0 Å². The molecule has 3 atom stereocenters. The number of nitrogens with one attached hydrogen (secondary N) is 2. The van der Waals surface area contributed by atoms with Gasteiger partial charge >= 0.3 is 12.1 Å². The van der Waals surface area contributed by atoms with Crippen LogP contribution < -0.4 is 16.4 Å². The number of alkyl carbamates (subject to hydrolysis) is 1. The van der Waals surface area contributed by atoms with Gasteiger partial charge in [-0.1, -0.05) is 57.9 Å². The predicted octanol–water partition coefficient (Wildman–Crippen LogP) is 5.52. The maximum absolute atomic E-state index is 14.0. The van der Waals surface area contributed by atoms with Crippen molar-refractivity contribution in [3.05, 3.63) is 70.8 Å². The molecular formula is C35H51F2N3O6S. The van der Waals surface area contributed by atoms with Gasteiger partial charge in [0.25, 0.3) is 0 Å². The Balaban J connectivity index is 1.84. The van der Waals surface area contributed by atoms with Crippen molar-refractivity contribution in [1.82, 2.24) is 10.6 Å². The number of nitrogens with two attached hydrogens (primary N) is 1. The number of sulfone groups is 1. The Labute approximate surface area is 278 Å². The summed E-state index contributed by atoms with van der Waals surface area (Å²) in [5.41, 5.74) is 8.91. The number of halogens is 2. The van der Waals surface area contributed by atoms with E-state index in [0.717, 1.165) is 48.6 Å². The predicted molar refractivity (Wildman–Crippen MR) is 178 cm³/mol. The Morgan fingerprint density at radius 1 is 0.957 bits per heavy atom. The van der Waals surface area contributed by atoms with Crippen LogP contribution in [0.15, 0.2) is 42.5 Å². The number of carbonyl (C=O) groups excluding carboxylic acids is 2. The van der Waals surface area contributed by atoms with Crippen LogP contribution in [0.4, 0.5) is 13.6 Å². The minimum absolute atomic E-state index is 0.0329. The maximum atomic E-state index is 14.0. The van der Waals surface area contributed by atoms with E-state index in [9.17, 15) is 26.8 Å². The van der Waals surface area contributed by atoms with E-state index in [-0.39, 0.29) is 24.6 Å². The fourth-order valence-corrected chi connectivity index (χ4v) is 8.13. The van der Waals surface area contributed by atoms with Gasteiger partial charge in [-0.2, -0.15) is 0 Å². The van der Waals surface area contributed by atoms with E-state index in [1.807, 2.05) is 38.1 Å². The van der Waals surface area contributed by atoms with E-state index in [4.69, 9.17) is 15.2 Å². The van der Waals surface area contributed by atoms with E-state index in [2.05, 4.69) is 17.6 Å². The highest BCUT2D eigenvalue weighted by molar-refractivity contribution is 7.92. The highest BCUT2D eigenvalue weighted by atomic mass is 32.2. The molecule has 262 valence electrons. The van der Waals surface area contributed by atoms with Crippen LogP contribution in [0.5, 0.6) is 0 Å². The molecule has 0 unspecified atom stereocenters. The van der Waals surface area contributed by atoms with Crippen LogP contribution in [-0.2, 0) is 43.5 Å². The van der Waals surface area contributed by atoms with Crippen molar-refractivity contribution in [2.24, 2.45) is 5.73 Å². The van der Waals surface area contributed by atoms with Gasteiger partial charge in [0.15, 0.2) is 9.84 Å². The first-order valence-electron chi connectivity index (χ1n) is 16.8. The van der Waals surface area contributed by atoms with Crippen molar-refractivity contribution in [3.8, 4) is 0 Å². The van der Waals surface area contributed by atoms with E-state index < -0.39 is 62.7 Å². The van der Waals surface area contributed by atoms with Crippen molar-refractivity contribution in [2.45, 2.75) is 121 Å². The van der Waals surface area contributed by atoms with Gasteiger partial charge in [-0.15, -0.1) is 0 Å². The Morgan fingerprint density at radius 3 is 2.21 bits per heavy atom. The molecule has 0 bridgehead atoms. The van der Waals surface area contributed by atoms with Crippen molar-refractivity contribution in [3.63, 3.8) is 0 Å². The highest BCUT2D eigenvalue weighted by Gasteiger charge is 2.36. The number of carbonyl (C=O) groups is 2. The number of amides is 1. The fraction of sp³-hybridized carbons (Fsp3) is 0.600. The van der Waals surface area contributed by atoms with E-state index in [1.54, 1.807) is 0 Å². The van der Waals surface area contributed by atoms with Gasteiger partial charge in [-0.3, -0.25) is 0 Å². The summed E-state index contributed by atoms with van der Waals surface area (Å²) >= 11 is 0. The average molecular weight is 680 g/mol. The quantitative estimate of drug-likeness (QED) is 0.165. The summed E-state index contributed by atoms with van der Waals surface area (Å²) in [7, 11) is -3.84. The zero-order valence-electron chi connectivity index (χ0n) is 27.8. The van der Waals surface area contributed by atoms with Crippen LogP contribution in [0.25, 0.3) is 0 Å². The molecule has 3 rings (SSSR count). The molecule has 12 heteroatoms. The lowest BCUT2D eigenvalue weighted by Crippen LogP contribution is -2.52. The van der Waals surface area contributed by atoms with E-state index >= 15 is 0 Å². The van der Waals surface area contributed by atoms with Gasteiger partial charge in [0.1, 0.15) is 29.9 Å². The molecule has 2 aromatic rings. The molecule has 0 spiro atoms. The van der Waals surface area contributed by atoms with Gasteiger partial charge in [-0.05, 0) is 80.2 Å². The molecule has 0 aromatic heterocycles. The number of hydrogen-bond donors (Lipinski definition) is 3. The molecule has 1 fully saturated rings. The molecule has 47 heavy (non-hydrogen) atoms. The van der Waals surface area contributed by atoms with Crippen LogP contribution in [0, 0.1) is 11.6 Å². The topological polar surface area (TPSA) is 137 Å². The summed E-state index contributed by atoms with van der Waals surface area (Å²) < 4.78 is 66.4. The second-order valence-corrected chi connectivity index (χ2v) is 14.8.